The van der Waals surface area contributed by atoms with Crippen LogP contribution in [0, 0.1) is 18.3 Å². The zero-order valence-corrected chi connectivity index (χ0v) is 13.5. The van der Waals surface area contributed by atoms with Gasteiger partial charge < -0.3 is 4.74 Å². The molecule has 0 aliphatic carbocycles. The van der Waals surface area contributed by atoms with E-state index in [1.807, 2.05) is 55.5 Å². The minimum atomic E-state index is -0.413. The normalized spacial score (nSPS) is 10.8. The maximum atomic E-state index is 12.8. The Morgan fingerprint density at radius 1 is 1.17 bits per heavy atom. The molecule has 24 heavy (non-hydrogen) atoms. The van der Waals surface area contributed by atoms with Gasteiger partial charge in [0.25, 0.3) is 5.56 Å². The molecule has 0 atom stereocenters. The highest BCUT2D eigenvalue weighted by Gasteiger charge is 2.18. The van der Waals surface area contributed by atoms with Crippen molar-refractivity contribution in [3.63, 3.8) is 0 Å². The number of hydrogen-bond acceptors (Lipinski definition) is 5. The van der Waals surface area contributed by atoms with Gasteiger partial charge in [-0.05, 0) is 30.7 Å². The molecule has 2 heterocycles. The first-order valence-electron chi connectivity index (χ1n) is 7.27. The molecule has 0 spiro atoms. The van der Waals surface area contributed by atoms with E-state index < -0.39 is 5.56 Å². The van der Waals surface area contributed by atoms with E-state index in [9.17, 15) is 10.1 Å². The highest BCUT2D eigenvalue weighted by Crippen LogP contribution is 2.29. The van der Waals surface area contributed by atoms with Gasteiger partial charge in [0.15, 0.2) is 5.56 Å². The Kier molecular flexibility index (Phi) is 3.29. The second-order valence-electron chi connectivity index (χ2n) is 5.26. The minimum Gasteiger partial charge on any atom is -0.437 e. The van der Waals surface area contributed by atoms with Crippen LogP contribution in [0.5, 0.6) is 11.6 Å². The van der Waals surface area contributed by atoms with Crippen LogP contribution in [0.1, 0.15) is 11.1 Å². The molecule has 0 N–H and O–H groups in total. The number of aromatic nitrogens is 2. The van der Waals surface area contributed by atoms with Crippen LogP contribution in [0.25, 0.3) is 15.2 Å². The summed E-state index contributed by atoms with van der Waals surface area (Å²) in [6.45, 7) is 1.90. The molecular weight excluding hydrogens is 322 g/mol. The third kappa shape index (κ3) is 2.14. The summed E-state index contributed by atoms with van der Waals surface area (Å²) in [5.74, 6) is 0.620. The summed E-state index contributed by atoms with van der Waals surface area (Å²) in [5, 5.41) is 9.44. The summed E-state index contributed by atoms with van der Waals surface area (Å²) in [5.41, 5.74) is 1.14. The number of para-hydroxylation sites is 2. The van der Waals surface area contributed by atoms with E-state index in [1.54, 1.807) is 6.07 Å². The van der Waals surface area contributed by atoms with E-state index in [1.165, 1.54) is 15.7 Å². The van der Waals surface area contributed by atoms with Crippen molar-refractivity contribution in [2.75, 3.05) is 0 Å². The Morgan fingerprint density at radius 2 is 1.92 bits per heavy atom. The molecule has 0 unspecified atom stereocenters. The summed E-state index contributed by atoms with van der Waals surface area (Å²) in [7, 11) is 0. The molecule has 4 rings (SSSR count). The second-order valence-corrected chi connectivity index (χ2v) is 6.27. The average Bonchev–Trinajstić information content (AvgIpc) is 2.95. The lowest BCUT2D eigenvalue weighted by atomic mass is 10.2. The number of rotatable bonds is 2. The fraction of sp³-hybridized carbons (Fsp3) is 0.0556. The lowest BCUT2D eigenvalue weighted by Gasteiger charge is -2.08. The summed E-state index contributed by atoms with van der Waals surface area (Å²) in [4.78, 5) is 17.7. The van der Waals surface area contributed by atoms with Gasteiger partial charge in [-0.3, -0.25) is 4.79 Å². The quantitative estimate of drug-likeness (QED) is 0.558. The smallest absolute Gasteiger partial charge is 0.280 e. The van der Waals surface area contributed by atoms with E-state index in [2.05, 4.69) is 4.98 Å². The van der Waals surface area contributed by atoms with E-state index in [4.69, 9.17) is 4.74 Å². The first kappa shape index (κ1) is 14.4. The summed E-state index contributed by atoms with van der Waals surface area (Å²) in [6.07, 6.45) is 0. The monoisotopic (exact) mass is 333 g/mol. The Hall–Kier alpha value is -3.17. The highest BCUT2D eigenvalue weighted by atomic mass is 32.1. The predicted molar refractivity (Wildman–Crippen MR) is 92.8 cm³/mol. The SMILES string of the molecule is Cc1ccccc1Oc1nc2sc3ccccc3n2c(=O)c1C#N. The Bertz CT molecular complexity index is 1180. The molecule has 2 aromatic heterocycles. The van der Waals surface area contributed by atoms with Crippen molar-refractivity contribution in [3.05, 3.63) is 70.0 Å². The molecule has 6 heteroatoms. The predicted octanol–water partition coefficient (Wildman–Crippen LogP) is 3.88. The molecule has 0 aliphatic rings. The summed E-state index contributed by atoms with van der Waals surface area (Å²) in [6, 6.07) is 16.8. The molecule has 0 radical (unpaired) electrons. The molecule has 0 aliphatic heterocycles. The topological polar surface area (TPSA) is 67.4 Å². The number of thiazole rings is 1. The Labute approximate surface area is 141 Å². The van der Waals surface area contributed by atoms with E-state index in [0.29, 0.717) is 10.7 Å². The van der Waals surface area contributed by atoms with Gasteiger partial charge in [-0.2, -0.15) is 10.2 Å². The first-order valence-corrected chi connectivity index (χ1v) is 8.08. The molecule has 4 aromatic rings. The van der Waals surface area contributed by atoms with Crippen LogP contribution in [0.15, 0.2) is 53.3 Å². The van der Waals surface area contributed by atoms with Crippen LogP contribution in [-0.2, 0) is 0 Å². The maximum Gasteiger partial charge on any atom is 0.280 e. The molecule has 116 valence electrons. The van der Waals surface area contributed by atoms with Crippen LogP contribution in [0.2, 0.25) is 0 Å². The fourth-order valence-corrected chi connectivity index (χ4v) is 3.54. The van der Waals surface area contributed by atoms with Gasteiger partial charge >= 0.3 is 0 Å². The van der Waals surface area contributed by atoms with Crippen molar-refractivity contribution in [1.82, 2.24) is 9.38 Å². The molecule has 0 saturated heterocycles. The van der Waals surface area contributed by atoms with Crippen molar-refractivity contribution in [2.45, 2.75) is 6.92 Å². The van der Waals surface area contributed by atoms with Crippen LogP contribution in [0.3, 0.4) is 0 Å². The zero-order valence-electron chi connectivity index (χ0n) is 12.7. The second kappa shape index (κ2) is 5.48. The number of aryl methyl sites for hydroxylation is 1. The number of nitriles is 1. The van der Waals surface area contributed by atoms with Gasteiger partial charge in [-0.25, -0.2) is 4.40 Å². The summed E-state index contributed by atoms with van der Waals surface area (Å²) >= 11 is 1.39. The summed E-state index contributed by atoms with van der Waals surface area (Å²) < 4.78 is 8.17. The number of fused-ring (bicyclic) bond motifs is 3. The van der Waals surface area contributed by atoms with Crippen molar-refractivity contribution in [1.29, 1.82) is 5.26 Å². The standard InChI is InChI=1S/C18H11N3O2S/c1-11-6-2-4-8-14(11)23-16-12(10-19)17(22)21-13-7-3-5-9-15(13)24-18(21)20-16/h2-9H,1H3. The van der Waals surface area contributed by atoms with Gasteiger partial charge in [0.2, 0.25) is 10.8 Å². The first-order chi connectivity index (χ1) is 11.7. The van der Waals surface area contributed by atoms with Gasteiger partial charge in [-0.1, -0.05) is 41.7 Å². The molecule has 5 nitrogen and oxygen atoms in total. The Balaban J connectivity index is 2.00. The van der Waals surface area contributed by atoms with Gasteiger partial charge in [-0.15, -0.1) is 0 Å². The van der Waals surface area contributed by atoms with Crippen molar-refractivity contribution in [2.24, 2.45) is 0 Å². The highest BCUT2D eigenvalue weighted by molar-refractivity contribution is 7.23. The van der Waals surface area contributed by atoms with Crippen molar-refractivity contribution >= 4 is 26.5 Å². The molecular formula is C18H11N3O2S. The molecule has 0 amide bonds. The number of ether oxygens (including phenoxy) is 1. The maximum absolute atomic E-state index is 12.8. The molecule has 0 bridgehead atoms. The largest absolute Gasteiger partial charge is 0.437 e. The molecule has 0 saturated carbocycles. The third-order valence-electron chi connectivity index (χ3n) is 3.74. The van der Waals surface area contributed by atoms with Crippen LogP contribution in [0.4, 0.5) is 0 Å². The van der Waals surface area contributed by atoms with Crippen LogP contribution < -0.4 is 10.3 Å². The van der Waals surface area contributed by atoms with Crippen LogP contribution >= 0.6 is 11.3 Å². The van der Waals surface area contributed by atoms with Gasteiger partial charge in [0.1, 0.15) is 11.8 Å². The van der Waals surface area contributed by atoms with Crippen molar-refractivity contribution in [3.8, 4) is 17.7 Å². The molecule has 2 aromatic carbocycles. The molecule has 0 fully saturated rings. The van der Waals surface area contributed by atoms with Crippen molar-refractivity contribution < 1.29 is 4.74 Å². The lowest BCUT2D eigenvalue weighted by molar-refractivity contribution is 0.457. The van der Waals surface area contributed by atoms with Gasteiger partial charge in [0.05, 0.1) is 10.2 Å². The minimum absolute atomic E-state index is 0.0448. The fourth-order valence-electron chi connectivity index (χ4n) is 2.53. The zero-order chi connectivity index (χ0) is 16.7. The van der Waals surface area contributed by atoms with E-state index >= 15 is 0 Å². The van der Waals surface area contributed by atoms with Gasteiger partial charge in [0, 0.05) is 0 Å². The Morgan fingerprint density at radius 3 is 2.71 bits per heavy atom. The number of benzene rings is 2. The van der Waals surface area contributed by atoms with E-state index in [-0.39, 0.29) is 11.4 Å². The lowest BCUT2D eigenvalue weighted by Crippen LogP contribution is -2.18. The number of hydrogen-bond donors (Lipinski definition) is 0. The average molecular weight is 333 g/mol. The third-order valence-corrected chi connectivity index (χ3v) is 4.76. The number of nitrogens with zero attached hydrogens (tertiary/aromatic N) is 3. The van der Waals surface area contributed by atoms with E-state index in [0.717, 1.165) is 15.8 Å². The van der Waals surface area contributed by atoms with Crippen LogP contribution in [-0.4, -0.2) is 9.38 Å².